The van der Waals surface area contributed by atoms with Gasteiger partial charge in [0.15, 0.2) is 0 Å². The summed E-state index contributed by atoms with van der Waals surface area (Å²) in [5, 5.41) is 17.9. The Balaban J connectivity index is 1.89. The molecule has 7 heteroatoms. The Morgan fingerprint density at radius 3 is 2.42 bits per heavy atom. The van der Waals surface area contributed by atoms with Crippen molar-refractivity contribution in [3.8, 4) is 5.75 Å². The van der Waals surface area contributed by atoms with E-state index in [4.69, 9.17) is 5.11 Å². The number of carboxylic acid groups (broad SMARTS) is 1. The summed E-state index contributed by atoms with van der Waals surface area (Å²) < 4.78 is 0. The van der Waals surface area contributed by atoms with Gasteiger partial charge in [0.1, 0.15) is 5.75 Å². The first-order chi connectivity index (χ1) is 11.5. The number of rotatable bonds is 3. The van der Waals surface area contributed by atoms with E-state index in [-0.39, 0.29) is 16.2 Å². The number of hydrogen-bond donors (Lipinski definition) is 2. The number of aromatic carboxylic acids is 1. The Kier molecular flexibility index (Phi) is 4.09. The number of amides is 2. The summed E-state index contributed by atoms with van der Waals surface area (Å²) in [4.78, 5) is 36.6. The Morgan fingerprint density at radius 1 is 1.08 bits per heavy atom. The lowest BCUT2D eigenvalue weighted by Gasteiger charge is -2.12. The third kappa shape index (κ3) is 3.02. The van der Waals surface area contributed by atoms with E-state index in [1.807, 2.05) is 0 Å². The number of nitrogens with zero attached hydrogens (tertiary/aromatic N) is 1. The van der Waals surface area contributed by atoms with Crippen molar-refractivity contribution in [3.05, 3.63) is 64.6 Å². The second-order valence-corrected chi connectivity index (χ2v) is 5.96. The van der Waals surface area contributed by atoms with Crippen LogP contribution in [0.1, 0.15) is 15.9 Å². The molecule has 1 aliphatic heterocycles. The smallest absolute Gasteiger partial charge is 0.335 e. The SMILES string of the molecule is O=C(O)c1ccc(/C=C2/SC(=O)N(c3cccc(O)c3)C2=O)cc1. The van der Waals surface area contributed by atoms with Crippen LogP contribution >= 0.6 is 11.8 Å². The van der Waals surface area contributed by atoms with Crippen LogP contribution in [0.15, 0.2) is 53.4 Å². The molecule has 6 nitrogen and oxygen atoms in total. The number of hydrogen-bond acceptors (Lipinski definition) is 5. The number of carboxylic acids is 1. The second kappa shape index (κ2) is 6.21. The highest BCUT2D eigenvalue weighted by Gasteiger charge is 2.36. The zero-order valence-corrected chi connectivity index (χ0v) is 13.0. The van der Waals surface area contributed by atoms with E-state index >= 15 is 0 Å². The van der Waals surface area contributed by atoms with Gasteiger partial charge in [-0.3, -0.25) is 9.59 Å². The Bertz CT molecular complexity index is 873. The molecule has 0 spiro atoms. The Hall–Kier alpha value is -3.06. The van der Waals surface area contributed by atoms with Gasteiger partial charge in [0.25, 0.3) is 11.1 Å². The van der Waals surface area contributed by atoms with Crippen LogP contribution in [0.3, 0.4) is 0 Å². The molecule has 1 aliphatic rings. The molecule has 2 aromatic carbocycles. The number of phenolic OH excluding ortho intramolecular Hbond substituents is 1. The van der Waals surface area contributed by atoms with Crippen LogP contribution in [0.25, 0.3) is 6.08 Å². The van der Waals surface area contributed by atoms with Gasteiger partial charge in [0.05, 0.1) is 16.2 Å². The van der Waals surface area contributed by atoms with Crippen molar-refractivity contribution in [2.24, 2.45) is 0 Å². The van der Waals surface area contributed by atoms with Gasteiger partial charge in [0, 0.05) is 6.07 Å². The molecule has 2 aromatic rings. The van der Waals surface area contributed by atoms with Crippen molar-refractivity contribution in [3.63, 3.8) is 0 Å². The topological polar surface area (TPSA) is 94.9 Å². The molecule has 0 radical (unpaired) electrons. The summed E-state index contributed by atoms with van der Waals surface area (Å²) in [5.74, 6) is -1.57. The van der Waals surface area contributed by atoms with Gasteiger partial charge in [-0.05, 0) is 47.7 Å². The third-order valence-electron chi connectivity index (χ3n) is 3.34. The fourth-order valence-electron chi connectivity index (χ4n) is 2.20. The van der Waals surface area contributed by atoms with Crippen LogP contribution in [-0.2, 0) is 4.79 Å². The van der Waals surface area contributed by atoms with E-state index in [0.29, 0.717) is 11.3 Å². The molecule has 24 heavy (non-hydrogen) atoms. The Morgan fingerprint density at radius 2 is 1.79 bits per heavy atom. The first-order valence-electron chi connectivity index (χ1n) is 6.86. The quantitative estimate of drug-likeness (QED) is 0.832. The lowest BCUT2D eigenvalue weighted by atomic mass is 10.1. The number of carbonyl (C=O) groups is 3. The second-order valence-electron chi connectivity index (χ2n) is 4.96. The molecule has 120 valence electrons. The van der Waals surface area contributed by atoms with Crippen molar-refractivity contribution in [2.75, 3.05) is 4.90 Å². The van der Waals surface area contributed by atoms with Crippen molar-refractivity contribution in [1.29, 1.82) is 0 Å². The maximum absolute atomic E-state index is 12.4. The first-order valence-corrected chi connectivity index (χ1v) is 7.68. The van der Waals surface area contributed by atoms with Crippen LogP contribution in [-0.4, -0.2) is 27.3 Å². The van der Waals surface area contributed by atoms with Gasteiger partial charge < -0.3 is 10.2 Å². The molecule has 1 saturated heterocycles. The molecule has 0 unspecified atom stereocenters. The minimum absolute atomic E-state index is 0.0419. The minimum Gasteiger partial charge on any atom is -0.508 e. The van der Waals surface area contributed by atoms with Crippen molar-refractivity contribution < 1.29 is 24.6 Å². The zero-order chi connectivity index (χ0) is 17.3. The van der Waals surface area contributed by atoms with E-state index in [0.717, 1.165) is 16.7 Å². The van der Waals surface area contributed by atoms with Crippen LogP contribution in [0.5, 0.6) is 5.75 Å². The highest BCUT2D eigenvalue weighted by Crippen LogP contribution is 2.36. The summed E-state index contributed by atoms with van der Waals surface area (Å²) in [6, 6.07) is 11.9. The average molecular weight is 341 g/mol. The lowest BCUT2D eigenvalue weighted by molar-refractivity contribution is -0.113. The number of phenols is 1. The van der Waals surface area contributed by atoms with Gasteiger partial charge in [0.2, 0.25) is 0 Å². The molecule has 0 atom stereocenters. The zero-order valence-electron chi connectivity index (χ0n) is 12.2. The molecule has 0 aromatic heterocycles. The molecule has 0 bridgehead atoms. The fraction of sp³-hybridized carbons (Fsp3) is 0. The van der Waals surface area contributed by atoms with Crippen LogP contribution in [0.4, 0.5) is 10.5 Å². The molecule has 1 fully saturated rings. The molecular formula is C17H11NO5S. The molecule has 2 amide bonds. The molecule has 2 N–H and O–H groups in total. The summed E-state index contributed by atoms with van der Waals surface area (Å²) in [7, 11) is 0. The van der Waals surface area contributed by atoms with Gasteiger partial charge in [-0.15, -0.1) is 0 Å². The van der Waals surface area contributed by atoms with Crippen LogP contribution in [0.2, 0.25) is 0 Å². The maximum atomic E-state index is 12.4. The first kappa shape index (κ1) is 15.8. The number of anilines is 1. The number of benzene rings is 2. The van der Waals surface area contributed by atoms with Crippen LogP contribution in [0, 0.1) is 0 Å². The summed E-state index contributed by atoms with van der Waals surface area (Å²) in [5.41, 5.74) is 1.04. The predicted molar refractivity (Wildman–Crippen MR) is 90.0 cm³/mol. The molecule has 3 rings (SSSR count). The van der Waals surface area contributed by atoms with E-state index in [1.165, 1.54) is 30.3 Å². The predicted octanol–water partition coefficient (Wildman–Crippen LogP) is 3.33. The molecule has 1 heterocycles. The number of aromatic hydroxyl groups is 1. The maximum Gasteiger partial charge on any atom is 0.335 e. The largest absolute Gasteiger partial charge is 0.508 e. The third-order valence-corrected chi connectivity index (χ3v) is 4.21. The van der Waals surface area contributed by atoms with Gasteiger partial charge in [-0.1, -0.05) is 18.2 Å². The highest BCUT2D eigenvalue weighted by molar-refractivity contribution is 8.19. The lowest BCUT2D eigenvalue weighted by Crippen LogP contribution is -2.27. The molecular weight excluding hydrogens is 330 g/mol. The number of imide groups is 1. The van der Waals surface area contributed by atoms with Crippen molar-refractivity contribution >= 4 is 40.6 Å². The van der Waals surface area contributed by atoms with Crippen LogP contribution < -0.4 is 4.90 Å². The van der Waals surface area contributed by atoms with E-state index in [1.54, 1.807) is 24.3 Å². The highest BCUT2D eigenvalue weighted by atomic mass is 32.2. The fourth-order valence-corrected chi connectivity index (χ4v) is 3.04. The average Bonchev–Trinajstić information content (AvgIpc) is 2.82. The van der Waals surface area contributed by atoms with Crippen molar-refractivity contribution in [2.45, 2.75) is 0 Å². The summed E-state index contributed by atoms with van der Waals surface area (Å²) >= 11 is 0.788. The van der Waals surface area contributed by atoms with Crippen molar-refractivity contribution in [1.82, 2.24) is 0 Å². The van der Waals surface area contributed by atoms with E-state index < -0.39 is 17.1 Å². The normalized spacial score (nSPS) is 16.0. The Labute approximate surface area is 141 Å². The number of thioether (sulfide) groups is 1. The minimum atomic E-state index is -1.04. The molecule has 0 aliphatic carbocycles. The van der Waals surface area contributed by atoms with Gasteiger partial charge in [-0.2, -0.15) is 0 Å². The van der Waals surface area contributed by atoms with E-state index in [9.17, 15) is 19.5 Å². The monoisotopic (exact) mass is 341 g/mol. The van der Waals surface area contributed by atoms with Gasteiger partial charge >= 0.3 is 5.97 Å². The summed E-state index contributed by atoms with van der Waals surface area (Å²) in [6.45, 7) is 0. The van der Waals surface area contributed by atoms with Gasteiger partial charge in [-0.25, -0.2) is 9.69 Å². The molecule has 0 saturated carbocycles. The summed E-state index contributed by atoms with van der Waals surface area (Å²) in [6.07, 6.45) is 1.53. The standard InChI is InChI=1S/C17H11NO5S/c19-13-3-1-2-12(9-13)18-15(20)14(24-17(18)23)8-10-4-6-11(7-5-10)16(21)22/h1-9,19H,(H,21,22)/b14-8+. The number of carbonyl (C=O) groups excluding carboxylic acids is 2. The van der Waals surface area contributed by atoms with E-state index in [2.05, 4.69) is 0 Å².